The lowest BCUT2D eigenvalue weighted by atomic mass is 9.99. The molecule has 0 spiro atoms. The van der Waals surface area contributed by atoms with Crippen molar-refractivity contribution in [3.63, 3.8) is 0 Å². The Balaban J connectivity index is 2.05. The molecule has 6 heteroatoms. The molecular formula is C17H19ClN2O2S. The van der Waals surface area contributed by atoms with E-state index in [4.69, 9.17) is 23.1 Å². The molecular weight excluding hydrogens is 332 g/mol. The molecule has 4 nitrogen and oxygen atoms in total. The average Bonchev–Trinajstić information content (AvgIpc) is 3.27. The van der Waals surface area contributed by atoms with Crippen LogP contribution in [0.1, 0.15) is 11.5 Å². The molecule has 1 saturated carbocycles. The number of halogens is 1. The topological polar surface area (TPSA) is 86.2 Å². The van der Waals surface area contributed by atoms with E-state index < -0.39 is 20.5 Å². The van der Waals surface area contributed by atoms with Crippen LogP contribution in [0, 0.1) is 5.41 Å². The molecule has 0 heterocycles. The minimum atomic E-state index is -3.53. The third-order valence-electron chi connectivity index (χ3n) is 4.77. The number of hydrogen-bond donors (Lipinski definition) is 2. The molecule has 0 bridgehead atoms. The highest BCUT2D eigenvalue weighted by Gasteiger charge is 2.69. The van der Waals surface area contributed by atoms with Crippen LogP contribution in [-0.4, -0.2) is 26.8 Å². The van der Waals surface area contributed by atoms with Crippen LogP contribution in [0.25, 0.3) is 0 Å². The molecule has 23 heavy (non-hydrogen) atoms. The summed E-state index contributed by atoms with van der Waals surface area (Å²) in [5, 5.41) is -0.100. The molecule has 2 atom stereocenters. The number of hydrogen-bond acceptors (Lipinski definition) is 4. The first-order chi connectivity index (χ1) is 11.0. The van der Waals surface area contributed by atoms with E-state index in [9.17, 15) is 8.42 Å². The van der Waals surface area contributed by atoms with E-state index in [1.807, 2.05) is 30.3 Å². The van der Waals surface area contributed by atoms with Gasteiger partial charge < -0.3 is 11.5 Å². The van der Waals surface area contributed by atoms with E-state index in [1.54, 1.807) is 12.1 Å². The van der Waals surface area contributed by atoms with Crippen molar-refractivity contribution < 1.29 is 8.42 Å². The smallest absolute Gasteiger partial charge is 0.182 e. The largest absolute Gasteiger partial charge is 0.330 e. The van der Waals surface area contributed by atoms with E-state index in [-0.39, 0.29) is 23.9 Å². The Kier molecular flexibility index (Phi) is 4.23. The molecule has 0 aliphatic heterocycles. The van der Waals surface area contributed by atoms with Crippen molar-refractivity contribution >= 4 is 21.4 Å². The zero-order valence-electron chi connectivity index (χ0n) is 12.5. The zero-order chi connectivity index (χ0) is 16.7. The van der Waals surface area contributed by atoms with Gasteiger partial charge in [0.2, 0.25) is 0 Å². The van der Waals surface area contributed by atoms with Crippen LogP contribution in [0.2, 0.25) is 5.02 Å². The van der Waals surface area contributed by atoms with E-state index in [0.717, 1.165) is 5.56 Å². The van der Waals surface area contributed by atoms with Crippen molar-refractivity contribution in [3.8, 4) is 0 Å². The van der Waals surface area contributed by atoms with Crippen LogP contribution >= 0.6 is 11.6 Å². The zero-order valence-corrected chi connectivity index (χ0v) is 14.1. The predicted molar refractivity (Wildman–Crippen MR) is 92.2 cm³/mol. The molecule has 1 fully saturated rings. The third kappa shape index (κ3) is 2.58. The second kappa shape index (κ2) is 5.91. The highest BCUT2D eigenvalue weighted by molar-refractivity contribution is 7.92. The van der Waals surface area contributed by atoms with Crippen LogP contribution in [-0.2, 0) is 9.84 Å². The molecule has 0 amide bonds. The highest BCUT2D eigenvalue weighted by Crippen LogP contribution is 2.62. The van der Waals surface area contributed by atoms with Crippen molar-refractivity contribution in [2.75, 3.05) is 13.1 Å². The quantitative estimate of drug-likeness (QED) is 0.865. The minimum absolute atomic E-state index is 0.181. The van der Waals surface area contributed by atoms with Gasteiger partial charge in [-0.1, -0.05) is 41.9 Å². The molecule has 122 valence electrons. The first-order valence-corrected chi connectivity index (χ1v) is 9.34. The summed E-state index contributed by atoms with van der Waals surface area (Å²) in [6.07, 6.45) is 0. The second-order valence-corrected chi connectivity index (χ2v) is 8.46. The van der Waals surface area contributed by atoms with Gasteiger partial charge in [-0.15, -0.1) is 0 Å². The SMILES string of the molecule is NCC1(CN)[C@H](S(=O)(=O)c2ccc(Cl)cc2)[C@@H]1c1ccccc1. The van der Waals surface area contributed by atoms with Crippen LogP contribution in [0.15, 0.2) is 59.5 Å². The average molecular weight is 351 g/mol. The molecule has 2 aromatic carbocycles. The molecule has 0 unspecified atom stereocenters. The van der Waals surface area contributed by atoms with Gasteiger partial charge in [-0.2, -0.15) is 0 Å². The molecule has 0 radical (unpaired) electrons. The van der Waals surface area contributed by atoms with E-state index in [2.05, 4.69) is 0 Å². The lowest BCUT2D eigenvalue weighted by Gasteiger charge is -2.13. The first kappa shape index (κ1) is 16.5. The van der Waals surface area contributed by atoms with Crippen molar-refractivity contribution in [3.05, 3.63) is 65.2 Å². The van der Waals surface area contributed by atoms with Gasteiger partial charge in [0.15, 0.2) is 9.84 Å². The Morgan fingerprint density at radius 3 is 2.04 bits per heavy atom. The first-order valence-electron chi connectivity index (χ1n) is 7.42. The maximum Gasteiger partial charge on any atom is 0.182 e. The summed E-state index contributed by atoms with van der Waals surface area (Å²) in [5.74, 6) is -0.181. The van der Waals surface area contributed by atoms with Crippen molar-refractivity contribution in [2.45, 2.75) is 16.1 Å². The number of sulfone groups is 1. The summed E-state index contributed by atoms with van der Waals surface area (Å²) in [4.78, 5) is 0.261. The van der Waals surface area contributed by atoms with Gasteiger partial charge in [0, 0.05) is 29.4 Å². The third-order valence-corrected chi connectivity index (χ3v) is 7.37. The Hall–Kier alpha value is -1.40. The summed E-state index contributed by atoms with van der Waals surface area (Å²) < 4.78 is 26.1. The van der Waals surface area contributed by atoms with Gasteiger partial charge in [-0.25, -0.2) is 8.42 Å². The minimum Gasteiger partial charge on any atom is -0.330 e. The molecule has 1 aliphatic carbocycles. The van der Waals surface area contributed by atoms with Crippen LogP contribution < -0.4 is 11.5 Å². The summed E-state index contributed by atoms with van der Waals surface area (Å²) in [7, 11) is -3.53. The Labute approximate surface area is 141 Å². The molecule has 3 rings (SSSR count). The lowest BCUT2D eigenvalue weighted by Crippen LogP contribution is -2.31. The van der Waals surface area contributed by atoms with E-state index >= 15 is 0 Å². The second-order valence-electron chi connectivity index (χ2n) is 5.95. The van der Waals surface area contributed by atoms with Crippen molar-refractivity contribution in [1.82, 2.24) is 0 Å². The summed E-state index contributed by atoms with van der Waals surface area (Å²) in [6, 6.07) is 15.8. The van der Waals surface area contributed by atoms with Crippen LogP contribution in [0.3, 0.4) is 0 Å². The van der Waals surface area contributed by atoms with Crippen molar-refractivity contribution in [2.24, 2.45) is 16.9 Å². The van der Waals surface area contributed by atoms with Gasteiger partial charge in [-0.05, 0) is 29.8 Å². The maximum absolute atomic E-state index is 13.1. The summed E-state index contributed by atoms with van der Waals surface area (Å²) in [5.41, 5.74) is 12.2. The maximum atomic E-state index is 13.1. The van der Waals surface area contributed by atoms with Crippen LogP contribution in [0.4, 0.5) is 0 Å². The van der Waals surface area contributed by atoms with Gasteiger partial charge in [-0.3, -0.25) is 0 Å². The lowest BCUT2D eigenvalue weighted by molar-refractivity contribution is 0.510. The van der Waals surface area contributed by atoms with Gasteiger partial charge in [0.25, 0.3) is 0 Å². The Bertz CT molecular complexity index is 787. The van der Waals surface area contributed by atoms with E-state index in [1.165, 1.54) is 12.1 Å². The normalized spacial score (nSPS) is 22.7. The summed E-state index contributed by atoms with van der Waals surface area (Å²) >= 11 is 5.86. The fourth-order valence-corrected chi connectivity index (χ4v) is 6.05. The fourth-order valence-electron chi connectivity index (χ4n) is 3.45. The van der Waals surface area contributed by atoms with Gasteiger partial charge in [0.1, 0.15) is 0 Å². The monoisotopic (exact) mass is 350 g/mol. The number of nitrogens with two attached hydrogens (primary N) is 2. The van der Waals surface area contributed by atoms with Crippen LogP contribution in [0.5, 0.6) is 0 Å². The molecule has 1 aliphatic rings. The molecule has 0 aromatic heterocycles. The number of benzene rings is 2. The van der Waals surface area contributed by atoms with Gasteiger partial charge in [0.05, 0.1) is 10.1 Å². The molecule has 0 saturated heterocycles. The molecule has 2 aromatic rings. The predicted octanol–water partition coefficient (Wildman–Crippen LogP) is 2.18. The fraction of sp³-hybridized carbons (Fsp3) is 0.294. The standard InChI is InChI=1S/C17H19ClN2O2S/c18-13-6-8-14(9-7-13)23(21,22)16-15(17(16,10-19)11-20)12-4-2-1-3-5-12/h1-9,15-16H,10-11,19-20H2/t15-,16+/m0/s1. The highest BCUT2D eigenvalue weighted by atomic mass is 35.5. The van der Waals surface area contributed by atoms with E-state index in [0.29, 0.717) is 5.02 Å². The Morgan fingerprint density at radius 2 is 1.52 bits per heavy atom. The Morgan fingerprint density at radius 1 is 0.957 bits per heavy atom. The summed E-state index contributed by atoms with van der Waals surface area (Å²) in [6.45, 7) is 0.473. The van der Waals surface area contributed by atoms with Gasteiger partial charge >= 0.3 is 0 Å². The van der Waals surface area contributed by atoms with Crippen molar-refractivity contribution in [1.29, 1.82) is 0 Å². The molecule has 4 N–H and O–H groups in total. The number of rotatable bonds is 5.